The van der Waals surface area contributed by atoms with Crippen molar-refractivity contribution in [2.24, 2.45) is 17.2 Å². The summed E-state index contributed by atoms with van der Waals surface area (Å²) < 4.78 is 6.28. The molecule has 3 aliphatic rings. The molecule has 0 radical (unpaired) electrons. The van der Waals surface area contributed by atoms with Gasteiger partial charge in [-0.05, 0) is 140 Å². The van der Waals surface area contributed by atoms with Gasteiger partial charge >= 0.3 is 0 Å². The standard InChI is InChI=1S/C23H30BrN7O.C21H28BrN7.C6H14N2/c1-14(2)31-13-26-20-21(25-12-16-4-6-17(24)7-5-16)29-23(30-22(20)31)28-19-10-8-18(9-11-19)27-15(3)32;1-13(2)29-12-25-18-19(24-11-14-3-5-15(22)6-4-14)27-21(28-20(18)29)26-17-9-7-16(23)8-10-17;7-5-1-2-6(8)4-3-5/h4-7,13-14,18-19H,8-12H2,1-3H3,(H,27,32)(H2,25,28,29,30);3-6,12-13,16-17H,7-11,23H2,1-2H3,(H2,24,26,27,28);5-6H,1-4,7-8H2. The van der Waals surface area contributed by atoms with Crippen LogP contribution in [0, 0.1) is 0 Å². The van der Waals surface area contributed by atoms with E-state index in [4.69, 9.17) is 37.1 Å². The van der Waals surface area contributed by atoms with E-state index in [2.05, 4.69) is 130 Å². The first-order valence-electron chi connectivity index (χ1n) is 24.7. The molecule has 3 saturated carbocycles. The van der Waals surface area contributed by atoms with E-state index >= 15 is 0 Å². The van der Waals surface area contributed by atoms with E-state index in [1.54, 1.807) is 6.92 Å². The third-order valence-corrected chi connectivity index (χ3v) is 14.1. The van der Waals surface area contributed by atoms with Crippen molar-refractivity contribution >= 4 is 83.6 Å². The van der Waals surface area contributed by atoms with E-state index in [-0.39, 0.29) is 30.1 Å². The third kappa shape index (κ3) is 15.0. The molecule has 0 aliphatic heterocycles. The molecule has 4 heterocycles. The number of nitrogens with zero attached hydrogens (tertiary/aromatic N) is 8. The molecule has 19 heteroatoms. The van der Waals surface area contributed by atoms with Crippen LogP contribution in [-0.4, -0.2) is 81.2 Å². The maximum atomic E-state index is 11.3. The lowest BCUT2D eigenvalue weighted by molar-refractivity contribution is -0.119. The van der Waals surface area contributed by atoms with Gasteiger partial charge in [0.2, 0.25) is 17.8 Å². The highest BCUT2D eigenvalue weighted by molar-refractivity contribution is 9.10. The first kappa shape index (κ1) is 51.9. The van der Waals surface area contributed by atoms with Gasteiger partial charge in [0.1, 0.15) is 0 Å². The van der Waals surface area contributed by atoms with E-state index in [1.165, 1.54) is 5.56 Å². The summed E-state index contributed by atoms with van der Waals surface area (Å²) in [5.41, 5.74) is 22.9. The molecule has 3 fully saturated rings. The van der Waals surface area contributed by atoms with Gasteiger partial charge in [-0.3, -0.25) is 4.79 Å². The lowest BCUT2D eigenvalue weighted by Gasteiger charge is -2.29. The summed E-state index contributed by atoms with van der Waals surface area (Å²) in [6.45, 7) is 11.4. The maximum absolute atomic E-state index is 11.3. The molecule has 0 saturated heterocycles. The Morgan fingerprint density at radius 3 is 1.28 bits per heavy atom. The average Bonchev–Trinajstić information content (AvgIpc) is 3.97. The van der Waals surface area contributed by atoms with Gasteiger partial charge in [0, 0.05) is 77.3 Å². The number of halogens is 2. The monoisotopic (exact) mass is 1070 g/mol. The average molecular weight is 1070 g/mol. The summed E-state index contributed by atoms with van der Waals surface area (Å²) in [6.07, 6.45) is 16.2. The van der Waals surface area contributed by atoms with Crippen molar-refractivity contribution in [1.29, 1.82) is 0 Å². The SMILES string of the molecule is CC(=O)NC1CCC(Nc2nc(NCc3ccc(Br)cc3)c3ncn(C(C)C)c3n2)CC1.CC(C)n1cnc2c(NCc3ccc(Br)cc3)nc(NC3CCC(N)CC3)nc21.NC1CCC(N)CC1. The van der Waals surface area contributed by atoms with Crippen LogP contribution in [0.4, 0.5) is 23.5 Å². The molecule has 2 aromatic carbocycles. The zero-order valence-electron chi connectivity index (χ0n) is 40.8. The number of imidazole rings is 2. The van der Waals surface area contributed by atoms with E-state index in [1.807, 2.05) is 36.9 Å². The van der Waals surface area contributed by atoms with E-state index < -0.39 is 0 Å². The molecule has 1 amide bonds. The molecule has 0 atom stereocenters. The summed E-state index contributed by atoms with van der Waals surface area (Å²) in [5.74, 6) is 2.79. The first-order valence-corrected chi connectivity index (χ1v) is 26.3. The van der Waals surface area contributed by atoms with Gasteiger partial charge in [-0.2, -0.15) is 19.9 Å². The summed E-state index contributed by atoms with van der Waals surface area (Å²) in [4.78, 5) is 39.7. The van der Waals surface area contributed by atoms with Gasteiger partial charge in [-0.1, -0.05) is 56.1 Å². The van der Waals surface area contributed by atoms with E-state index in [0.717, 1.165) is 126 Å². The fourth-order valence-electron chi connectivity index (χ4n) is 8.98. The summed E-state index contributed by atoms with van der Waals surface area (Å²) in [5, 5.41) is 17.0. The Balaban J connectivity index is 0.000000176. The van der Waals surface area contributed by atoms with E-state index in [9.17, 15) is 4.79 Å². The van der Waals surface area contributed by atoms with Gasteiger partial charge in [0.15, 0.2) is 34.0 Å². The molecule has 0 spiro atoms. The molecule has 372 valence electrons. The summed E-state index contributed by atoms with van der Waals surface area (Å²) >= 11 is 6.96. The molecule has 0 bridgehead atoms. The van der Waals surface area contributed by atoms with Crippen molar-refractivity contribution < 1.29 is 4.79 Å². The van der Waals surface area contributed by atoms with Crippen LogP contribution in [0.15, 0.2) is 70.1 Å². The number of carbonyl (C=O) groups is 1. The first-order chi connectivity index (χ1) is 33.2. The maximum Gasteiger partial charge on any atom is 0.227 e. The molecule has 3 aliphatic carbocycles. The second-order valence-electron chi connectivity index (χ2n) is 19.4. The Labute approximate surface area is 423 Å². The molecular formula is C50H72Br2N16O. The van der Waals surface area contributed by atoms with Gasteiger partial charge in [0.25, 0.3) is 0 Å². The number of rotatable bonds is 13. The highest BCUT2D eigenvalue weighted by atomic mass is 79.9. The summed E-state index contributed by atoms with van der Waals surface area (Å²) in [7, 11) is 0. The molecule has 9 rings (SSSR count). The normalized spacial score (nSPS) is 21.5. The second kappa shape index (κ2) is 24.7. The smallest absolute Gasteiger partial charge is 0.227 e. The fraction of sp³-hybridized carbons (Fsp3) is 0.540. The fourth-order valence-corrected chi connectivity index (χ4v) is 9.51. The Morgan fingerprint density at radius 2 is 0.913 bits per heavy atom. The van der Waals surface area contributed by atoms with Crippen LogP contribution in [0.5, 0.6) is 0 Å². The number of nitrogens with one attached hydrogen (secondary N) is 5. The molecular weight excluding hydrogens is 1000 g/mol. The number of fused-ring (bicyclic) bond motifs is 2. The lowest BCUT2D eigenvalue weighted by atomic mass is 9.91. The second-order valence-corrected chi connectivity index (χ2v) is 21.2. The number of amides is 1. The number of hydrogen-bond donors (Lipinski definition) is 8. The molecule has 0 unspecified atom stereocenters. The van der Waals surface area contributed by atoms with Gasteiger partial charge in [-0.25, -0.2) is 9.97 Å². The molecule has 11 N–H and O–H groups in total. The predicted molar refractivity (Wildman–Crippen MR) is 286 cm³/mol. The molecule has 6 aromatic rings. The van der Waals surface area contributed by atoms with Gasteiger partial charge in [-0.15, -0.1) is 0 Å². The number of anilines is 4. The molecule has 4 aromatic heterocycles. The Hall–Kier alpha value is -4.95. The number of carbonyl (C=O) groups excluding carboxylic acids is 1. The van der Waals surface area contributed by atoms with Crippen LogP contribution in [0.2, 0.25) is 0 Å². The van der Waals surface area contributed by atoms with Crippen molar-refractivity contribution in [1.82, 2.24) is 44.4 Å². The minimum atomic E-state index is 0.0404. The minimum Gasteiger partial charge on any atom is -0.364 e. The van der Waals surface area contributed by atoms with Gasteiger partial charge < -0.3 is 52.9 Å². The molecule has 17 nitrogen and oxygen atoms in total. The van der Waals surface area contributed by atoms with Crippen LogP contribution in [0.1, 0.15) is 135 Å². The minimum absolute atomic E-state index is 0.0404. The van der Waals surface area contributed by atoms with Crippen molar-refractivity contribution in [2.45, 2.75) is 173 Å². The number of nitrogens with two attached hydrogens (primary N) is 3. The zero-order valence-corrected chi connectivity index (χ0v) is 43.9. The Bertz CT molecular complexity index is 2530. The van der Waals surface area contributed by atoms with Gasteiger partial charge in [0.05, 0.1) is 12.7 Å². The summed E-state index contributed by atoms with van der Waals surface area (Å²) in [6, 6.07) is 19.1. The van der Waals surface area contributed by atoms with E-state index in [0.29, 0.717) is 49.2 Å². The Kier molecular flexibility index (Phi) is 18.6. The van der Waals surface area contributed by atoms with Crippen LogP contribution in [0.25, 0.3) is 22.3 Å². The van der Waals surface area contributed by atoms with Crippen LogP contribution >= 0.6 is 31.9 Å². The van der Waals surface area contributed by atoms with Crippen molar-refractivity contribution in [3.05, 3.63) is 81.3 Å². The van der Waals surface area contributed by atoms with Crippen molar-refractivity contribution in [3.8, 4) is 0 Å². The predicted octanol–water partition coefficient (Wildman–Crippen LogP) is 9.32. The van der Waals surface area contributed by atoms with Crippen LogP contribution in [-0.2, 0) is 17.9 Å². The Morgan fingerprint density at radius 1 is 0.565 bits per heavy atom. The van der Waals surface area contributed by atoms with Crippen molar-refractivity contribution in [3.63, 3.8) is 0 Å². The highest BCUT2D eigenvalue weighted by Crippen LogP contribution is 2.29. The molecule has 69 heavy (non-hydrogen) atoms. The largest absolute Gasteiger partial charge is 0.364 e. The van der Waals surface area contributed by atoms with Crippen LogP contribution in [0.3, 0.4) is 0 Å². The quantitative estimate of drug-likeness (QED) is 0.0538. The number of aromatic nitrogens is 8. The number of hydrogen-bond acceptors (Lipinski definition) is 14. The lowest BCUT2D eigenvalue weighted by Crippen LogP contribution is -2.39. The number of benzene rings is 2. The highest BCUT2D eigenvalue weighted by Gasteiger charge is 2.24. The van der Waals surface area contributed by atoms with Crippen LogP contribution < -0.4 is 43.8 Å². The third-order valence-electron chi connectivity index (χ3n) is 13.1. The zero-order chi connectivity index (χ0) is 49.0. The topological polar surface area (TPSA) is 242 Å². The van der Waals surface area contributed by atoms with Crippen molar-refractivity contribution in [2.75, 3.05) is 21.3 Å².